The third-order valence-corrected chi connectivity index (χ3v) is 5.76. The standard InChI is InChI=1S/C22H19ClN4O3S/c1-16-24-21(27-11-2-3-12-27)14-22(25-16)30-20-9-7-19(8-10-20)26-31(28,29)15-17-5-4-6-18(23)13-17/h2-14,26H,15H2,1H3. The predicted molar refractivity (Wildman–Crippen MR) is 120 cm³/mol. The highest BCUT2D eigenvalue weighted by molar-refractivity contribution is 7.91. The molecule has 0 saturated carbocycles. The van der Waals surface area contributed by atoms with Crippen molar-refractivity contribution in [3.05, 3.63) is 95.5 Å². The first-order valence-electron chi connectivity index (χ1n) is 9.38. The van der Waals surface area contributed by atoms with E-state index in [-0.39, 0.29) is 5.75 Å². The number of rotatable bonds is 7. The minimum atomic E-state index is -3.59. The van der Waals surface area contributed by atoms with Crippen LogP contribution in [-0.4, -0.2) is 23.0 Å². The molecule has 2 aromatic heterocycles. The van der Waals surface area contributed by atoms with Crippen molar-refractivity contribution < 1.29 is 13.2 Å². The zero-order valence-corrected chi connectivity index (χ0v) is 18.1. The number of nitrogens with zero attached hydrogens (tertiary/aromatic N) is 3. The molecule has 0 spiro atoms. The molecule has 9 heteroatoms. The second-order valence-electron chi connectivity index (χ2n) is 6.82. The first kappa shape index (κ1) is 20.9. The van der Waals surface area contributed by atoms with Crippen molar-refractivity contribution in [1.29, 1.82) is 0 Å². The fraction of sp³-hybridized carbons (Fsp3) is 0.0909. The summed E-state index contributed by atoms with van der Waals surface area (Å²) in [6.45, 7) is 1.79. The summed E-state index contributed by atoms with van der Waals surface area (Å²) < 4.78 is 35.1. The number of hydrogen-bond donors (Lipinski definition) is 1. The monoisotopic (exact) mass is 454 g/mol. The molecule has 0 aliphatic rings. The Kier molecular flexibility index (Phi) is 5.92. The minimum Gasteiger partial charge on any atom is -0.439 e. The van der Waals surface area contributed by atoms with Crippen LogP contribution in [0.1, 0.15) is 11.4 Å². The number of benzene rings is 2. The summed E-state index contributed by atoms with van der Waals surface area (Å²) >= 11 is 5.93. The van der Waals surface area contributed by atoms with Crippen LogP contribution < -0.4 is 9.46 Å². The fourth-order valence-corrected chi connectivity index (χ4v) is 4.37. The number of nitrogens with one attached hydrogen (secondary N) is 1. The van der Waals surface area contributed by atoms with Crippen LogP contribution in [0.5, 0.6) is 11.6 Å². The summed E-state index contributed by atoms with van der Waals surface area (Å²) in [5.41, 5.74) is 1.04. The van der Waals surface area contributed by atoms with E-state index in [1.807, 2.05) is 29.1 Å². The molecule has 4 aromatic rings. The van der Waals surface area contributed by atoms with Gasteiger partial charge in [-0.15, -0.1) is 0 Å². The molecule has 0 bridgehead atoms. The van der Waals surface area contributed by atoms with E-state index in [0.717, 1.165) is 0 Å². The van der Waals surface area contributed by atoms with Crippen LogP contribution in [0.25, 0.3) is 5.82 Å². The first-order chi connectivity index (χ1) is 14.9. The predicted octanol–water partition coefficient (Wildman–Crippen LogP) is 4.96. The lowest BCUT2D eigenvalue weighted by Crippen LogP contribution is -2.15. The molecule has 2 heterocycles. The quantitative estimate of drug-likeness (QED) is 0.426. The topological polar surface area (TPSA) is 86.1 Å². The molecule has 31 heavy (non-hydrogen) atoms. The van der Waals surface area contributed by atoms with E-state index >= 15 is 0 Å². The highest BCUT2D eigenvalue weighted by Crippen LogP contribution is 2.24. The van der Waals surface area contributed by atoms with E-state index in [0.29, 0.717) is 39.5 Å². The molecule has 0 aliphatic carbocycles. The Morgan fingerprint density at radius 3 is 2.45 bits per heavy atom. The average molecular weight is 455 g/mol. The zero-order valence-electron chi connectivity index (χ0n) is 16.6. The van der Waals surface area contributed by atoms with Gasteiger partial charge in [-0.2, -0.15) is 4.98 Å². The smallest absolute Gasteiger partial charge is 0.236 e. The van der Waals surface area contributed by atoms with Gasteiger partial charge >= 0.3 is 0 Å². The minimum absolute atomic E-state index is 0.172. The van der Waals surface area contributed by atoms with Crippen molar-refractivity contribution in [1.82, 2.24) is 14.5 Å². The number of sulfonamides is 1. The van der Waals surface area contributed by atoms with Crippen LogP contribution in [0.4, 0.5) is 5.69 Å². The van der Waals surface area contributed by atoms with Crippen molar-refractivity contribution in [2.75, 3.05) is 4.72 Å². The van der Waals surface area contributed by atoms with Crippen molar-refractivity contribution in [2.24, 2.45) is 0 Å². The molecule has 1 N–H and O–H groups in total. The zero-order chi connectivity index (χ0) is 21.8. The number of halogens is 1. The van der Waals surface area contributed by atoms with E-state index < -0.39 is 10.0 Å². The van der Waals surface area contributed by atoms with E-state index in [9.17, 15) is 8.42 Å². The Bertz CT molecular complexity index is 1290. The SMILES string of the molecule is Cc1nc(Oc2ccc(NS(=O)(=O)Cc3cccc(Cl)c3)cc2)cc(-n2cccc2)n1. The van der Waals surface area contributed by atoms with E-state index in [1.165, 1.54) is 0 Å². The second kappa shape index (κ2) is 8.79. The lowest BCUT2D eigenvalue weighted by molar-refractivity contribution is 0.459. The van der Waals surface area contributed by atoms with Crippen LogP contribution in [-0.2, 0) is 15.8 Å². The van der Waals surface area contributed by atoms with Gasteiger partial charge in [0.1, 0.15) is 17.4 Å². The van der Waals surface area contributed by atoms with Gasteiger partial charge in [0.15, 0.2) is 0 Å². The maximum absolute atomic E-state index is 12.4. The summed E-state index contributed by atoms with van der Waals surface area (Å²) in [7, 11) is -3.59. The van der Waals surface area contributed by atoms with Gasteiger partial charge in [0, 0.05) is 29.2 Å². The molecule has 0 atom stereocenters. The Labute approximate surface area is 185 Å². The molecule has 158 valence electrons. The molecule has 0 fully saturated rings. The van der Waals surface area contributed by atoms with E-state index in [4.69, 9.17) is 16.3 Å². The maximum atomic E-state index is 12.4. The van der Waals surface area contributed by atoms with Crippen LogP contribution in [0.2, 0.25) is 5.02 Å². The van der Waals surface area contributed by atoms with Crippen LogP contribution in [0.3, 0.4) is 0 Å². The molecular weight excluding hydrogens is 436 g/mol. The van der Waals surface area contributed by atoms with Gasteiger partial charge < -0.3 is 9.30 Å². The molecule has 2 aromatic carbocycles. The third kappa shape index (κ3) is 5.62. The van der Waals surface area contributed by atoms with Crippen molar-refractivity contribution in [3.8, 4) is 17.4 Å². The average Bonchev–Trinajstić information content (AvgIpc) is 3.23. The van der Waals surface area contributed by atoms with E-state index in [1.54, 1.807) is 61.5 Å². The summed E-state index contributed by atoms with van der Waals surface area (Å²) in [6, 6.07) is 18.9. The summed E-state index contributed by atoms with van der Waals surface area (Å²) in [6.07, 6.45) is 3.77. The molecule has 0 saturated heterocycles. The summed E-state index contributed by atoms with van der Waals surface area (Å²) in [4.78, 5) is 8.70. The second-order valence-corrected chi connectivity index (χ2v) is 8.98. The molecule has 0 amide bonds. The molecular formula is C22H19ClN4O3S. The lowest BCUT2D eigenvalue weighted by atomic mass is 10.2. The van der Waals surface area contributed by atoms with Gasteiger partial charge in [0.2, 0.25) is 15.9 Å². The largest absolute Gasteiger partial charge is 0.439 e. The molecule has 4 rings (SSSR count). The Morgan fingerprint density at radius 2 is 1.74 bits per heavy atom. The van der Waals surface area contributed by atoms with Gasteiger partial charge in [-0.3, -0.25) is 4.72 Å². The van der Waals surface area contributed by atoms with Crippen molar-refractivity contribution in [2.45, 2.75) is 12.7 Å². The number of anilines is 1. The molecule has 0 radical (unpaired) electrons. The summed E-state index contributed by atoms with van der Waals surface area (Å²) in [5, 5.41) is 0.495. The fourth-order valence-electron chi connectivity index (χ4n) is 2.97. The maximum Gasteiger partial charge on any atom is 0.236 e. The molecule has 0 aliphatic heterocycles. The number of hydrogen-bond acceptors (Lipinski definition) is 5. The first-order valence-corrected chi connectivity index (χ1v) is 11.4. The van der Waals surface area contributed by atoms with Gasteiger partial charge in [0.05, 0.1) is 5.75 Å². The van der Waals surface area contributed by atoms with Crippen LogP contribution in [0.15, 0.2) is 79.1 Å². The molecule has 7 nitrogen and oxygen atoms in total. The van der Waals surface area contributed by atoms with Gasteiger partial charge in [-0.25, -0.2) is 13.4 Å². The van der Waals surface area contributed by atoms with Gasteiger partial charge in [-0.1, -0.05) is 23.7 Å². The highest BCUT2D eigenvalue weighted by atomic mass is 35.5. The Balaban J connectivity index is 1.45. The lowest BCUT2D eigenvalue weighted by Gasteiger charge is -2.11. The van der Waals surface area contributed by atoms with Crippen LogP contribution in [0, 0.1) is 6.92 Å². The number of ether oxygens (including phenoxy) is 1. The number of aromatic nitrogens is 3. The van der Waals surface area contributed by atoms with Gasteiger partial charge in [-0.05, 0) is 61.0 Å². The van der Waals surface area contributed by atoms with Crippen molar-refractivity contribution >= 4 is 27.3 Å². The Morgan fingerprint density at radius 1 is 1.00 bits per heavy atom. The Hall–Kier alpha value is -3.36. The van der Waals surface area contributed by atoms with Crippen molar-refractivity contribution in [3.63, 3.8) is 0 Å². The molecule has 0 unspecified atom stereocenters. The summed E-state index contributed by atoms with van der Waals surface area (Å²) in [5.74, 6) is 2.01. The third-order valence-electron chi connectivity index (χ3n) is 4.27. The van der Waals surface area contributed by atoms with Crippen LogP contribution >= 0.6 is 11.6 Å². The van der Waals surface area contributed by atoms with E-state index in [2.05, 4.69) is 14.7 Å². The normalized spacial score (nSPS) is 11.3. The number of aryl methyl sites for hydroxylation is 1. The highest BCUT2D eigenvalue weighted by Gasteiger charge is 2.13. The van der Waals surface area contributed by atoms with Gasteiger partial charge in [0.25, 0.3) is 0 Å².